The first-order valence-electron chi connectivity index (χ1n) is 8.08. The molecular formula is C16H31N3O4. The van der Waals surface area contributed by atoms with E-state index in [-0.39, 0.29) is 18.1 Å². The molecule has 0 radical (unpaired) electrons. The number of hydrogen-bond acceptors (Lipinski definition) is 5. The van der Waals surface area contributed by atoms with Gasteiger partial charge in [0.15, 0.2) is 0 Å². The summed E-state index contributed by atoms with van der Waals surface area (Å²) in [7, 11) is 0. The van der Waals surface area contributed by atoms with Gasteiger partial charge in [0.25, 0.3) is 0 Å². The Morgan fingerprint density at radius 2 is 1.70 bits per heavy atom. The Morgan fingerprint density at radius 3 is 2.17 bits per heavy atom. The molecule has 2 atom stereocenters. The van der Waals surface area contributed by atoms with E-state index in [1.807, 2.05) is 41.5 Å². The van der Waals surface area contributed by atoms with Gasteiger partial charge in [-0.2, -0.15) is 0 Å². The summed E-state index contributed by atoms with van der Waals surface area (Å²) in [5.41, 5.74) is 5.10. The predicted molar refractivity (Wildman–Crippen MR) is 88.1 cm³/mol. The Morgan fingerprint density at radius 1 is 1.13 bits per heavy atom. The van der Waals surface area contributed by atoms with Crippen LogP contribution in [0.15, 0.2) is 0 Å². The molecule has 1 aliphatic heterocycles. The van der Waals surface area contributed by atoms with Gasteiger partial charge in [0.05, 0.1) is 0 Å². The highest BCUT2D eigenvalue weighted by Crippen LogP contribution is 2.19. The Balaban J connectivity index is 2.41. The number of nitrogens with zero attached hydrogens (tertiary/aromatic N) is 1. The highest BCUT2D eigenvalue weighted by atomic mass is 16.6. The second-order valence-electron chi connectivity index (χ2n) is 8.02. The van der Waals surface area contributed by atoms with Gasteiger partial charge in [-0.15, -0.1) is 0 Å². The third-order valence-corrected chi connectivity index (χ3v) is 3.37. The van der Waals surface area contributed by atoms with E-state index in [4.69, 9.17) is 15.2 Å². The van der Waals surface area contributed by atoms with Crippen molar-refractivity contribution >= 4 is 12.2 Å². The summed E-state index contributed by atoms with van der Waals surface area (Å²) in [6.07, 6.45) is -0.0679. The smallest absolute Gasteiger partial charge is 0.410 e. The molecule has 2 unspecified atom stereocenters. The molecule has 2 amide bonds. The quantitative estimate of drug-likeness (QED) is 0.809. The summed E-state index contributed by atoms with van der Waals surface area (Å²) >= 11 is 0. The molecule has 1 fully saturated rings. The highest BCUT2D eigenvalue weighted by Gasteiger charge is 2.32. The fraction of sp³-hybridized carbons (Fsp3) is 0.875. The van der Waals surface area contributed by atoms with Crippen LogP contribution >= 0.6 is 0 Å². The lowest BCUT2D eigenvalue weighted by Gasteiger charge is -2.37. The number of nitrogens with two attached hydrogens (primary N) is 1. The first kappa shape index (κ1) is 19.5. The number of carbonyl (C=O) groups excluding carboxylic acids is 2. The number of nitrogens with one attached hydrogen (secondary N) is 1. The largest absolute Gasteiger partial charge is 0.444 e. The van der Waals surface area contributed by atoms with Crippen molar-refractivity contribution in [2.75, 3.05) is 19.6 Å². The van der Waals surface area contributed by atoms with Crippen LogP contribution in [0, 0.1) is 5.92 Å². The van der Waals surface area contributed by atoms with E-state index in [0.717, 1.165) is 6.42 Å². The summed E-state index contributed by atoms with van der Waals surface area (Å²) in [5.74, 6) is 0.112. The van der Waals surface area contributed by atoms with Crippen molar-refractivity contribution in [3.63, 3.8) is 0 Å². The minimum atomic E-state index is -0.522. The van der Waals surface area contributed by atoms with E-state index in [1.165, 1.54) is 0 Å². The number of hydrogen-bond donors (Lipinski definition) is 2. The molecule has 1 rings (SSSR count). The van der Waals surface area contributed by atoms with E-state index in [2.05, 4.69) is 5.32 Å². The first-order chi connectivity index (χ1) is 10.4. The van der Waals surface area contributed by atoms with Crippen LogP contribution in [0.5, 0.6) is 0 Å². The van der Waals surface area contributed by atoms with Gasteiger partial charge in [-0.25, -0.2) is 9.59 Å². The molecule has 0 aromatic rings. The van der Waals surface area contributed by atoms with Crippen LogP contribution in [0.4, 0.5) is 9.59 Å². The second-order valence-corrected chi connectivity index (χ2v) is 8.02. The minimum Gasteiger partial charge on any atom is -0.444 e. The van der Waals surface area contributed by atoms with Gasteiger partial charge in [0, 0.05) is 25.7 Å². The van der Waals surface area contributed by atoms with Crippen molar-refractivity contribution in [1.29, 1.82) is 0 Å². The van der Waals surface area contributed by atoms with Gasteiger partial charge in [-0.05, 0) is 53.9 Å². The number of piperidine rings is 1. The average Bonchev–Trinajstić information content (AvgIpc) is 2.33. The molecule has 7 heteroatoms. The molecule has 0 spiro atoms. The zero-order chi connectivity index (χ0) is 17.8. The molecule has 0 aromatic heterocycles. The normalized spacial score (nSPS) is 22.5. The molecule has 0 saturated carbocycles. The molecule has 0 bridgehead atoms. The third-order valence-electron chi connectivity index (χ3n) is 3.37. The van der Waals surface area contributed by atoms with Crippen LogP contribution in [0.25, 0.3) is 0 Å². The number of ether oxygens (including phenoxy) is 2. The molecule has 23 heavy (non-hydrogen) atoms. The fourth-order valence-corrected chi connectivity index (χ4v) is 2.30. The molecule has 0 aliphatic carbocycles. The van der Waals surface area contributed by atoms with Crippen LogP contribution < -0.4 is 11.1 Å². The third kappa shape index (κ3) is 7.54. The molecule has 134 valence electrons. The lowest BCUT2D eigenvalue weighted by atomic mass is 9.92. The van der Waals surface area contributed by atoms with Crippen LogP contribution in [0.2, 0.25) is 0 Å². The van der Waals surface area contributed by atoms with Gasteiger partial charge in [0.2, 0.25) is 0 Å². The van der Waals surface area contributed by atoms with E-state index in [9.17, 15) is 9.59 Å². The Labute approximate surface area is 138 Å². The van der Waals surface area contributed by atoms with Crippen molar-refractivity contribution < 1.29 is 19.1 Å². The summed E-state index contributed by atoms with van der Waals surface area (Å²) in [6.45, 7) is 12.4. The van der Waals surface area contributed by atoms with Crippen LogP contribution in [0.3, 0.4) is 0 Å². The van der Waals surface area contributed by atoms with Crippen LogP contribution in [-0.2, 0) is 9.47 Å². The predicted octanol–water partition coefficient (Wildman–Crippen LogP) is 2.10. The maximum absolute atomic E-state index is 12.0. The van der Waals surface area contributed by atoms with Crippen molar-refractivity contribution in [1.82, 2.24) is 10.2 Å². The van der Waals surface area contributed by atoms with Crippen LogP contribution in [-0.4, -0.2) is 54.0 Å². The van der Waals surface area contributed by atoms with E-state index >= 15 is 0 Å². The maximum Gasteiger partial charge on any atom is 0.410 e. The topological polar surface area (TPSA) is 93.9 Å². The van der Waals surface area contributed by atoms with Gasteiger partial charge in [-0.3, -0.25) is 0 Å². The number of carbonyl (C=O) groups is 2. The van der Waals surface area contributed by atoms with E-state index in [0.29, 0.717) is 19.6 Å². The zero-order valence-electron chi connectivity index (χ0n) is 15.1. The number of rotatable bonds is 2. The number of likely N-dealkylation sites (tertiary alicyclic amines) is 1. The maximum atomic E-state index is 12.0. The zero-order valence-corrected chi connectivity index (χ0v) is 15.1. The molecule has 3 N–H and O–H groups in total. The Bertz CT molecular complexity index is 426. The van der Waals surface area contributed by atoms with Gasteiger partial charge >= 0.3 is 12.2 Å². The van der Waals surface area contributed by atoms with Crippen molar-refractivity contribution in [2.45, 2.75) is 65.2 Å². The Kier molecular flexibility index (Phi) is 6.27. The monoisotopic (exact) mass is 329 g/mol. The standard InChI is InChI=1S/C16H31N3O4/c1-15(2,3)22-13(20)18-9-11-7-8-19(10-12(11)17)14(21)23-16(4,5)6/h11-12H,7-10,17H2,1-6H3,(H,18,20). The average molecular weight is 329 g/mol. The lowest BCUT2D eigenvalue weighted by Crippen LogP contribution is -2.54. The molecule has 1 saturated heterocycles. The SMILES string of the molecule is CC(C)(C)OC(=O)NCC1CCN(C(=O)OC(C)(C)C)CC1N. The summed E-state index contributed by atoms with van der Waals surface area (Å²) in [5, 5.41) is 2.75. The summed E-state index contributed by atoms with van der Waals surface area (Å²) in [6, 6.07) is -0.203. The number of alkyl carbamates (subject to hydrolysis) is 1. The Hall–Kier alpha value is -1.50. The minimum absolute atomic E-state index is 0.112. The second kappa shape index (κ2) is 7.38. The van der Waals surface area contributed by atoms with Crippen LogP contribution in [0.1, 0.15) is 48.0 Å². The highest BCUT2D eigenvalue weighted by molar-refractivity contribution is 5.68. The lowest BCUT2D eigenvalue weighted by molar-refractivity contribution is 0.0152. The molecule has 1 heterocycles. The summed E-state index contributed by atoms with van der Waals surface area (Å²) < 4.78 is 10.6. The van der Waals surface area contributed by atoms with E-state index in [1.54, 1.807) is 4.90 Å². The van der Waals surface area contributed by atoms with E-state index < -0.39 is 17.3 Å². The van der Waals surface area contributed by atoms with Crippen molar-refractivity contribution in [3.8, 4) is 0 Å². The fourth-order valence-electron chi connectivity index (χ4n) is 2.30. The van der Waals surface area contributed by atoms with Gasteiger partial charge < -0.3 is 25.4 Å². The molecular weight excluding hydrogens is 298 g/mol. The van der Waals surface area contributed by atoms with Crippen molar-refractivity contribution in [3.05, 3.63) is 0 Å². The van der Waals surface area contributed by atoms with Gasteiger partial charge in [0.1, 0.15) is 11.2 Å². The molecule has 7 nitrogen and oxygen atoms in total. The number of amides is 2. The van der Waals surface area contributed by atoms with Gasteiger partial charge in [-0.1, -0.05) is 0 Å². The first-order valence-corrected chi connectivity index (χ1v) is 8.08. The summed E-state index contributed by atoms with van der Waals surface area (Å²) in [4.78, 5) is 25.4. The molecule has 0 aromatic carbocycles. The molecule has 1 aliphatic rings. The van der Waals surface area contributed by atoms with Crippen molar-refractivity contribution in [2.24, 2.45) is 11.7 Å².